The van der Waals surface area contributed by atoms with Crippen LogP contribution < -0.4 is 5.32 Å². The summed E-state index contributed by atoms with van der Waals surface area (Å²) < 4.78 is 27.9. The number of nitrogens with one attached hydrogen (secondary N) is 1. The third kappa shape index (κ3) is 4.64. The lowest BCUT2D eigenvalue weighted by molar-refractivity contribution is -0.121. The van der Waals surface area contributed by atoms with E-state index in [0.717, 1.165) is 5.56 Å². The van der Waals surface area contributed by atoms with Gasteiger partial charge in [0, 0.05) is 25.3 Å². The highest BCUT2D eigenvalue weighted by Crippen LogP contribution is 2.12. The summed E-state index contributed by atoms with van der Waals surface area (Å²) in [5, 5.41) is 6.66. The highest BCUT2D eigenvalue weighted by Gasteiger charge is 2.28. The second-order valence-corrected chi connectivity index (χ2v) is 8.16. The Labute approximate surface area is 140 Å². The van der Waals surface area contributed by atoms with E-state index in [1.165, 1.54) is 0 Å². The van der Waals surface area contributed by atoms with E-state index >= 15 is 0 Å². The molecule has 2 aromatic rings. The molecule has 1 aliphatic rings. The molecule has 1 unspecified atom stereocenters. The fourth-order valence-electron chi connectivity index (χ4n) is 2.67. The van der Waals surface area contributed by atoms with Crippen LogP contribution in [0.15, 0.2) is 34.9 Å². The minimum atomic E-state index is -2.99. The van der Waals surface area contributed by atoms with Gasteiger partial charge in [0.2, 0.25) is 11.8 Å². The normalized spacial score (nSPS) is 19.2. The lowest BCUT2D eigenvalue weighted by Gasteiger charge is -2.09. The van der Waals surface area contributed by atoms with Gasteiger partial charge in [-0.15, -0.1) is 0 Å². The van der Waals surface area contributed by atoms with E-state index in [-0.39, 0.29) is 29.9 Å². The SMILES string of the molecule is O=C(CCc1nc(Cc2ccccc2)no1)NC1CCS(=O)(=O)C1. The molecule has 3 rings (SSSR count). The van der Waals surface area contributed by atoms with E-state index in [2.05, 4.69) is 15.5 Å². The number of benzene rings is 1. The molecule has 1 saturated heterocycles. The molecule has 1 aliphatic heterocycles. The van der Waals surface area contributed by atoms with E-state index < -0.39 is 9.84 Å². The summed E-state index contributed by atoms with van der Waals surface area (Å²) in [5.41, 5.74) is 1.09. The molecule has 1 aromatic carbocycles. The topological polar surface area (TPSA) is 102 Å². The number of aromatic nitrogens is 2. The molecule has 0 aliphatic carbocycles. The molecule has 0 bridgehead atoms. The molecule has 1 aromatic heterocycles. The highest BCUT2D eigenvalue weighted by atomic mass is 32.2. The Morgan fingerprint density at radius 3 is 2.79 bits per heavy atom. The van der Waals surface area contributed by atoms with Crippen molar-refractivity contribution in [2.75, 3.05) is 11.5 Å². The van der Waals surface area contributed by atoms with Gasteiger partial charge in [-0.1, -0.05) is 35.5 Å². The van der Waals surface area contributed by atoms with Crippen LogP contribution in [-0.4, -0.2) is 42.0 Å². The lowest BCUT2D eigenvalue weighted by Crippen LogP contribution is -2.35. The lowest BCUT2D eigenvalue weighted by atomic mass is 10.1. The van der Waals surface area contributed by atoms with Crippen molar-refractivity contribution >= 4 is 15.7 Å². The standard InChI is InChI=1S/C16H19N3O4S/c20-15(17-13-8-9-24(21,22)11-13)6-7-16-18-14(19-23-16)10-12-4-2-1-3-5-12/h1-5,13H,6-11H2,(H,17,20). The summed E-state index contributed by atoms with van der Waals surface area (Å²) in [6.45, 7) is 0. The maximum atomic E-state index is 11.9. The van der Waals surface area contributed by atoms with E-state index in [0.29, 0.717) is 31.0 Å². The first-order chi connectivity index (χ1) is 11.5. The van der Waals surface area contributed by atoms with E-state index in [4.69, 9.17) is 4.52 Å². The summed E-state index contributed by atoms with van der Waals surface area (Å²) in [4.78, 5) is 16.2. The number of nitrogens with zero attached hydrogens (tertiary/aromatic N) is 2. The number of sulfone groups is 1. The first-order valence-electron chi connectivity index (χ1n) is 7.85. The van der Waals surface area contributed by atoms with Gasteiger partial charge in [0.05, 0.1) is 11.5 Å². The number of aryl methyl sites for hydroxylation is 1. The minimum Gasteiger partial charge on any atom is -0.352 e. The number of hydrogen-bond acceptors (Lipinski definition) is 6. The zero-order valence-corrected chi connectivity index (χ0v) is 14.0. The molecule has 24 heavy (non-hydrogen) atoms. The molecule has 1 N–H and O–H groups in total. The average Bonchev–Trinajstić information content (AvgIpc) is 3.12. The number of carbonyl (C=O) groups is 1. The van der Waals surface area contributed by atoms with Gasteiger partial charge in [0.25, 0.3) is 0 Å². The molecule has 0 saturated carbocycles. The predicted octanol–water partition coefficient (Wildman–Crippen LogP) is 0.896. The van der Waals surface area contributed by atoms with Crippen LogP contribution in [0.2, 0.25) is 0 Å². The van der Waals surface area contributed by atoms with Crippen LogP contribution in [0.3, 0.4) is 0 Å². The number of carbonyl (C=O) groups excluding carboxylic acids is 1. The zero-order valence-electron chi connectivity index (χ0n) is 13.1. The summed E-state index contributed by atoms with van der Waals surface area (Å²) in [5.74, 6) is 0.971. The van der Waals surface area contributed by atoms with Crippen molar-refractivity contribution in [1.82, 2.24) is 15.5 Å². The van der Waals surface area contributed by atoms with Crippen molar-refractivity contribution in [1.29, 1.82) is 0 Å². The van der Waals surface area contributed by atoms with Crippen molar-refractivity contribution in [2.45, 2.75) is 31.7 Å². The number of rotatable bonds is 6. The third-order valence-corrected chi connectivity index (χ3v) is 5.65. The predicted molar refractivity (Wildman–Crippen MR) is 87.1 cm³/mol. The smallest absolute Gasteiger partial charge is 0.227 e. The van der Waals surface area contributed by atoms with Crippen molar-refractivity contribution < 1.29 is 17.7 Å². The fourth-order valence-corrected chi connectivity index (χ4v) is 4.34. The van der Waals surface area contributed by atoms with E-state index in [1.54, 1.807) is 0 Å². The second kappa shape index (κ2) is 7.12. The Morgan fingerprint density at radius 1 is 1.29 bits per heavy atom. The quantitative estimate of drug-likeness (QED) is 0.831. The van der Waals surface area contributed by atoms with Crippen LogP contribution in [-0.2, 0) is 27.5 Å². The largest absolute Gasteiger partial charge is 0.352 e. The first-order valence-corrected chi connectivity index (χ1v) is 9.67. The van der Waals surface area contributed by atoms with Gasteiger partial charge in [0.1, 0.15) is 0 Å². The number of hydrogen-bond donors (Lipinski definition) is 1. The van der Waals surface area contributed by atoms with Gasteiger partial charge in [0.15, 0.2) is 15.7 Å². The van der Waals surface area contributed by atoms with Crippen LogP contribution in [0.1, 0.15) is 30.1 Å². The number of amides is 1. The molecule has 0 spiro atoms. The maximum Gasteiger partial charge on any atom is 0.227 e. The average molecular weight is 349 g/mol. The molecule has 7 nitrogen and oxygen atoms in total. The van der Waals surface area contributed by atoms with Crippen molar-refractivity contribution in [3.05, 3.63) is 47.6 Å². The monoisotopic (exact) mass is 349 g/mol. The summed E-state index contributed by atoms with van der Waals surface area (Å²) in [6.07, 6.45) is 1.60. The van der Waals surface area contributed by atoms with Crippen LogP contribution in [0.4, 0.5) is 0 Å². The second-order valence-electron chi connectivity index (χ2n) is 5.93. The van der Waals surface area contributed by atoms with Crippen molar-refractivity contribution in [2.24, 2.45) is 0 Å². The Balaban J connectivity index is 1.46. The van der Waals surface area contributed by atoms with Crippen LogP contribution >= 0.6 is 0 Å². The van der Waals surface area contributed by atoms with Gasteiger partial charge in [-0.2, -0.15) is 4.98 Å². The van der Waals surface area contributed by atoms with Crippen molar-refractivity contribution in [3.63, 3.8) is 0 Å². The Morgan fingerprint density at radius 2 is 2.08 bits per heavy atom. The molecule has 128 valence electrons. The zero-order chi connectivity index (χ0) is 17.0. The first kappa shape index (κ1) is 16.6. The molecule has 1 fully saturated rings. The van der Waals surface area contributed by atoms with Gasteiger partial charge >= 0.3 is 0 Å². The van der Waals surface area contributed by atoms with Gasteiger partial charge in [-0.25, -0.2) is 8.42 Å². The fraction of sp³-hybridized carbons (Fsp3) is 0.438. The Hall–Kier alpha value is -2.22. The summed E-state index contributed by atoms with van der Waals surface area (Å²) >= 11 is 0. The van der Waals surface area contributed by atoms with Gasteiger partial charge < -0.3 is 9.84 Å². The van der Waals surface area contributed by atoms with Crippen molar-refractivity contribution in [3.8, 4) is 0 Å². The van der Waals surface area contributed by atoms with Gasteiger partial charge in [-0.05, 0) is 12.0 Å². The minimum absolute atomic E-state index is 0.0283. The molecule has 8 heteroatoms. The highest BCUT2D eigenvalue weighted by molar-refractivity contribution is 7.91. The van der Waals surface area contributed by atoms with E-state index in [1.807, 2.05) is 30.3 Å². The maximum absolute atomic E-state index is 11.9. The van der Waals surface area contributed by atoms with Gasteiger partial charge in [-0.3, -0.25) is 4.79 Å². The summed E-state index contributed by atoms with van der Waals surface area (Å²) in [7, 11) is -2.99. The molecule has 1 atom stereocenters. The molecular formula is C16H19N3O4S. The molecule has 0 radical (unpaired) electrons. The van der Waals surface area contributed by atoms with Crippen LogP contribution in [0.5, 0.6) is 0 Å². The molecule has 2 heterocycles. The Kier molecular flexibility index (Phi) is 4.94. The summed E-state index contributed by atoms with van der Waals surface area (Å²) in [6, 6.07) is 9.53. The Bertz CT molecular complexity index is 802. The van der Waals surface area contributed by atoms with Crippen LogP contribution in [0.25, 0.3) is 0 Å². The van der Waals surface area contributed by atoms with E-state index in [9.17, 15) is 13.2 Å². The molecular weight excluding hydrogens is 330 g/mol. The van der Waals surface area contributed by atoms with Crippen LogP contribution in [0, 0.1) is 0 Å². The molecule has 1 amide bonds. The third-order valence-electron chi connectivity index (χ3n) is 3.88.